The smallest absolute Gasteiger partial charge is 0.226 e. The molecule has 0 heterocycles. The van der Waals surface area contributed by atoms with E-state index >= 15 is 0 Å². The minimum absolute atomic E-state index is 0.0111. The Morgan fingerprint density at radius 2 is 1.42 bits per heavy atom. The quantitative estimate of drug-likeness (QED) is 0.260. The number of anilines is 2. The van der Waals surface area contributed by atoms with Crippen LogP contribution in [0.3, 0.4) is 0 Å². The second-order valence-corrected chi connectivity index (χ2v) is 7.49. The summed E-state index contributed by atoms with van der Waals surface area (Å²) in [6.45, 7) is 3.66. The maximum Gasteiger partial charge on any atom is 0.226 e. The van der Waals surface area contributed by atoms with E-state index in [1.807, 2.05) is 13.8 Å². The number of carbonyl (C=O) groups is 3. The van der Waals surface area contributed by atoms with Gasteiger partial charge >= 0.3 is 0 Å². The molecule has 4 N–H and O–H groups in total. The fourth-order valence-corrected chi connectivity index (χ4v) is 2.98. The average molecular weight is 427 g/mol. The van der Waals surface area contributed by atoms with Crippen molar-refractivity contribution in [3.63, 3.8) is 0 Å². The third-order valence-corrected chi connectivity index (χ3v) is 4.90. The van der Waals surface area contributed by atoms with Gasteiger partial charge in [-0.15, -0.1) is 0 Å². The van der Waals surface area contributed by atoms with Gasteiger partial charge < -0.3 is 25.6 Å². The van der Waals surface area contributed by atoms with Crippen LogP contribution in [0.1, 0.15) is 44.2 Å². The molecule has 0 saturated heterocycles. The number of hydrogen-bond acceptors (Lipinski definition) is 7. The zero-order chi connectivity index (χ0) is 23.0. The number of aromatic hydroxyl groups is 2. The Morgan fingerprint density at radius 3 is 1.87 bits per heavy atom. The number of phenolic OH excluding ortho intramolecular Hbond substituents is 2. The summed E-state index contributed by atoms with van der Waals surface area (Å²) in [5, 5.41) is 28.0. The second kappa shape index (κ2) is 10.3. The van der Waals surface area contributed by atoms with Crippen molar-refractivity contribution in [2.24, 2.45) is 5.18 Å². The van der Waals surface area contributed by atoms with Crippen LogP contribution in [0, 0.1) is 4.91 Å². The topological polar surface area (TPSA) is 145 Å². The van der Waals surface area contributed by atoms with E-state index < -0.39 is 17.2 Å². The lowest BCUT2D eigenvalue weighted by Crippen LogP contribution is -2.20. The molecule has 2 amide bonds. The fourth-order valence-electron chi connectivity index (χ4n) is 2.98. The van der Waals surface area contributed by atoms with Crippen LogP contribution in [0.4, 0.5) is 11.4 Å². The van der Waals surface area contributed by atoms with Crippen molar-refractivity contribution in [1.82, 2.24) is 0 Å². The molecule has 0 atom stereocenters. The van der Waals surface area contributed by atoms with Gasteiger partial charge in [0.2, 0.25) is 11.8 Å². The summed E-state index contributed by atoms with van der Waals surface area (Å²) in [5.41, 5.74) is 1.29. The van der Waals surface area contributed by atoms with E-state index in [4.69, 9.17) is 0 Å². The summed E-state index contributed by atoms with van der Waals surface area (Å²) < 4.78 is 0. The van der Waals surface area contributed by atoms with Crippen LogP contribution in [-0.2, 0) is 19.8 Å². The molecule has 9 nitrogen and oxygen atoms in total. The molecule has 0 aliphatic rings. The molecule has 31 heavy (non-hydrogen) atoms. The number of nitrogens with one attached hydrogen (secondary N) is 2. The van der Waals surface area contributed by atoms with E-state index in [9.17, 15) is 29.5 Å². The Morgan fingerprint density at radius 1 is 0.935 bits per heavy atom. The number of aldehydes is 1. The largest absolute Gasteiger partial charge is 0.506 e. The molecule has 9 heteroatoms. The zero-order valence-electron chi connectivity index (χ0n) is 17.3. The first-order valence-electron chi connectivity index (χ1n) is 9.68. The lowest BCUT2D eigenvalue weighted by Gasteiger charge is -2.27. The van der Waals surface area contributed by atoms with Crippen molar-refractivity contribution < 1.29 is 24.6 Å². The Kier molecular flexibility index (Phi) is 7.84. The first kappa shape index (κ1) is 23.5. The molecule has 0 aromatic heterocycles. The van der Waals surface area contributed by atoms with E-state index in [1.165, 1.54) is 12.1 Å². The van der Waals surface area contributed by atoms with E-state index in [0.717, 1.165) is 11.1 Å². The minimum atomic E-state index is -0.631. The molecule has 0 saturated carbocycles. The van der Waals surface area contributed by atoms with Crippen LogP contribution in [-0.4, -0.2) is 34.9 Å². The molecule has 164 valence electrons. The first-order chi connectivity index (χ1) is 14.7. The Balaban J connectivity index is 2.32. The summed E-state index contributed by atoms with van der Waals surface area (Å²) in [7, 11) is 0. The molecule has 0 spiro atoms. The summed E-state index contributed by atoms with van der Waals surface area (Å²) >= 11 is 0. The third-order valence-electron chi connectivity index (χ3n) is 4.90. The average Bonchev–Trinajstić information content (AvgIpc) is 2.73. The number of nitrogens with zero attached hydrogens (tertiary/aromatic N) is 1. The lowest BCUT2D eigenvalue weighted by atomic mass is 9.77. The van der Waals surface area contributed by atoms with Crippen LogP contribution in [0.25, 0.3) is 0 Å². The first-order valence-corrected chi connectivity index (χ1v) is 9.68. The van der Waals surface area contributed by atoms with Gasteiger partial charge in [0.05, 0.1) is 17.9 Å². The molecule has 0 unspecified atom stereocenters. The fraction of sp³-hybridized carbons (Fsp3) is 0.318. The second-order valence-electron chi connectivity index (χ2n) is 7.49. The van der Waals surface area contributed by atoms with E-state index in [0.29, 0.717) is 6.29 Å². The highest BCUT2D eigenvalue weighted by Crippen LogP contribution is 2.38. The number of hydrogen-bond donors (Lipinski definition) is 4. The highest BCUT2D eigenvalue weighted by atomic mass is 16.3. The summed E-state index contributed by atoms with van der Waals surface area (Å²) in [5.74, 6) is -1.08. The third kappa shape index (κ3) is 6.11. The van der Waals surface area contributed by atoms with Gasteiger partial charge in [-0.25, -0.2) is 0 Å². The summed E-state index contributed by atoms with van der Waals surface area (Å²) in [6.07, 6.45) is 0.650. The highest BCUT2D eigenvalue weighted by Gasteiger charge is 2.25. The Hall–Kier alpha value is -3.75. The maximum absolute atomic E-state index is 11.9. The van der Waals surface area contributed by atoms with Crippen molar-refractivity contribution >= 4 is 29.5 Å². The van der Waals surface area contributed by atoms with Crippen molar-refractivity contribution in [1.29, 1.82) is 0 Å². The van der Waals surface area contributed by atoms with Crippen LogP contribution >= 0.6 is 0 Å². The molecular formula is C22H25N3O6. The molecule has 0 aliphatic heterocycles. The number of nitroso groups, excluding NO2 is 1. The van der Waals surface area contributed by atoms with Crippen molar-refractivity contribution in [2.75, 3.05) is 17.2 Å². The van der Waals surface area contributed by atoms with E-state index in [-0.39, 0.29) is 48.7 Å². The van der Waals surface area contributed by atoms with Crippen LogP contribution in [0.5, 0.6) is 11.5 Å². The van der Waals surface area contributed by atoms with Gasteiger partial charge in [0.15, 0.2) is 0 Å². The molecule has 0 bridgehead atoms. The van der Waals surface area contributed by atoms with Gasteiger partial charge in [0.1, 0.15) is 17.8 Å². The Bertz CT molecular complexity index is 910. The number of amides is 2. The molecule has 2 aromatic rings. The molecule has 0 aliphatic carbocycles. The van der Waals surface area contributed by atoms with E-state index in [1.54, 1.807) is 24.3 Å². The number of rotatable bonds is 10. The summed E-state index contributed by atoms with van der Waals surface area (Å²) in [6, 6.07) is 9.57. The number of phenols is 2. The van der Waals surface area contributed by atoms with E-state index in [2.05, 4.69) is 15.8 Å². The van der Waals surface area contributed by atoms with Crippen LogP contribution in [0.2, 0.25) is 0 Å². The van der Waals surface area contributed by atoms with Gasteiger partial charge in [-0.05, 0) is 35.4 Å². The molecular weight excluding hydrogens is 402 g/mol. The van der Waals surface area contributed by atoms with Gasteiger partial charge in [0, 0.05) is 24.7 Å². The normalized spacial score (nSPS) is 10.9. The molecule has 0 radical (unpaired) electrons. The predicted molar refractivity (Wildman–Crippen MR) is 116 cm³/mol. The number of benzene rings is 2. The zero-order valence-corrected chi connectivity index (χ0v) is 17.3. The van der Waals surface area contributed by atoms with Gasteiger partial charge in [-0.1, -0.05) is 31.2 Å². The van der Waals surface area contributed by atoms with Crippen molar-refractivity contribution in [3.8, 4) is 11.5 Å². The SMILES string of the molecule is CC(C)(c1ccc(O)c(NC(=O)CCC=O)c1)c1ccc(O)c(NC(=O)CCN=O)c1. The predicted octanol–water partition coefficient (Wildman–Crippen LogP) is 3.44. The lowest BCUT2D eigenvalue weighted by molar-refractivity contribution is -0.118. The summed E-state index contributed by atoms with van der Waals surface area (Å²) in [4.78, 5) is 44.5. The number of carbonyl (C=O) groups excluding carboxylic acids is 3. The van der Waals surface area contributed by atoms with Crippen molar-refractivity contribution in [3.05, 3.63) is 52.4 Å². The minimum Gasteiger partial charge on any atom is -0.506 e. The van der Waals surface area contributed by atoms with Crippen molar-refractivity contribution in [2.45, 2.75) is 38.5 Å². The standard InChI is InChI=1S/C22H25N3O6/c1-22(2,14-5-7-18(27)16(12-14)24-20(29)4-3-11-26)15-6-8-19(28)17(13-15)25-21(30)9-10-23-31/h5-8,11-13,27-28H,3-4,9-10H2,1-2H3,(H,24,29)(H,25,30). The molecule has 2 rings (SSSR count). The monoisotopic (exact) mass is 427 g/mol. The van der Waals surface area contributed by atoms with Crippen LogP contribution in [0.15, 0.2) is 41.6 Å². The van der Waals surface area contributed by atoms with Gasteiger partial charge in [0.25, 0.3) is 0 Å². The van der Waals surface area contributed by atoms with Gasteiger partial charge in [-0.3, -0.25) is 9.59 Å². The van der Waals surface area contributed by atoms with Gasteiger partial charge in [-0.2, -0.15) is 4.91 Å². The molecule has 0 fully saturated rings. The maximum atomic E-state index is 11.9. The highest BCUT2D eigenvalue weighted by molar-refractivity contribution is 5.93. The molecule has 2 aromatic carbocycles. The van der Waals surface area contributed by atoms with Crippen LogP contribution < -0.4 is 10.6 Å². The Labute approximate surface area is 179 Å².